The fourth-order valence-electron chi connectivity index (χ4n) is 4.23. The highest BCUT2D eigenvalue weighted by Gasteiger charge is 2.33. The number of likely N-dealkylation sites (N-methyl/N-ethyl adjacent to an activating group) is 1. The number of halogens is 1. The number of aromatic carboxylic acids is 1. The van der Waals surface area contributed by atoms with Gasteiger partial charge >= 0.3 is 11.9 Å². The minimum Gasteiger partial charge on any atom is -0.477 e. The zero-order valence-corrected chi connectivity index (χ0v) is 23.5. The van der Waals surface area contributed by atoms with E-state index in [1.165, 1.54) is 23.9 Å². The first-order chi connectivity index (χ1) is 19.5. The Hall–Kier alpha value is -4.24. The number of carbonyl (C=O) groups is 3. The number of nitrogens with zero attached hydrogens (tertiary/aromatic N) is 4. The van der Waals surface area contributed by atoms with E-state index in [2.05, 4.69) is 14.6 Å². The number of rotatable bonds is 7. The second kappa shape index (κ2) is 13.9. The van der Waals surface area contributed by atoms with Crippen molar-refractivity contribution in [3.8, 4) is 0 Å². The summed E-state index contributed by atoms with van der Waals surface area (Å²) < 4.78 is 21.2. The first-order valence-electron chi connectivity index (χ1n) is 12.6. The van der Waals surface area contributed by atoms with Gasteiger partial charge in [-0.05, 0) is 39.1 Å². The number of furan rings is 1. The summed E-state index contributed by atoms with van der Waals surface area (Å²) >= 11 is 1.35. The lowest BCUT2D eigenvalue weighted by Crippen LogP contribution is -2.44. The standard InChI is InChI=1S/C17H18FN3O3S.C5H5NO3.C4H7NO2/c1-9-21-12-8-13(20-5-3-19(2)4-6-20)11(18)7-10(12)15(22)14(17(23)24)16(21)25-9;1-4-2-3-5(9-4)6(7)8;6-3-1-2-5-4-7/h7-9H,3-6H2,1-2H3,(H,23,24);2-3H,1H3;3-4H,1-2H2,(H,5,7). The van der Waals surface area contributed by atoms with E-state index in [-0.39, 0.29) is 22.2 Å². The summed E-state index contributed by atoms with van der Waals surface area (Å²) in [6, 6.07) is 5.77. The fraction of sp³-hybridized carbons (Fsp3) is 0.385. The molecule has 5 rings (SSSR count). The third-order valence-electron chi connectivity index (χ3n) is 6.33. The molecule has 15 heteroatoms. The van der Waals surface area contributed by atoms with Gasteiger partial charge in [0.1, 0.15) is 28.4 Å². The van der Waals surface area contributed by atoms with E-state index in [4.69, 9.17) is 0 Å². The molecule has 0 saturated carbocycles. The molecule has 220 valence electrons. The molecule has 2 aromatic heterocycles. The number of carbonyl (C=O) groups excluding carboxylic acids is 2. The van der Waals surface area contributed by atoms with Crippen molar-refractivity contribution in [1.29, 1.82) is 0 Å². The monoisotopic (exact) mass is 591 g/mol. The van der Waals surface area contributed by atoms with Crippen LogP contribution in [0.4, 0.5) is 16.0 Å². The van der Waals surface area contributed by atoms with Gasteiger partial charge in [0.05, 0.1) is 27.7 Å². The third-order valence-corrected chi connectivity index (χ3v) is 7.50. The number of aldehydes is 1. The molecule has 1 atom stereocenters. The number of benzene rings is 1. The summed E-state index contributed by atoms with van der Waals surface area (Å²) in [5.74, 6) is -1.39. The molecule has 0 aliphatic carbocycles. The maximum Gasteiger partial charge on any atom is 0.433 e. The van der Waals surface area contributed by atoms with Gasteiger partial charge in [0.25, 0.3) is 0 Å². The van der Waals surface area contributed by atoms with Crippen molar-refractivity contribution in [2.24, 2.45) is 0 Å². The lowest BCUT2D eigenvalue weighted by molar-refractivity contribution is -0.402. The summed E-state index contributed by atoms with van der Waals surface area (Å²) in [6.07, 6.45) is 1.73. The van der Waals surface area contributed by atoms with Crippen LogP contribution in [0.2, 0.25) is 0 Å². The Labute approximate surface area is 238 Å². The molecule has 3 aromatic rings. The topological polar surface area (TPSA) is 168 Å². The van der Waals surface area contributed by atoms with Crippen LogP contribution in [0.3, 0.4) is 0 Å². The smallest absolute Gasteiger partial charge is 0.433 e. The molecule has 0 radical (unpaired) electrons. The van der Waals surface area contributed by atoms with Crippen LogP contribution < -0.4 is 15.6 Å². The first-order valence-corrected chi connectivity index (χ1v) is 13.4. The molecule has 2 N–H and O–H groups in total. The lowest BCUT2D eigenvalue weighted by atomic mass is 10.1. The van der Waals surface area contributed by atoms with E-state index in [9.17, 15) is 38.8 Å². The van der Waals surface area contributed by atoms with Crippen molar-refractivity contribution in [3.05, 3.63) is 61.7 Å². The molecule has 1 amide bonds. The summed E-state index contributed by atoms with van der Waals surface area (Å²) in [6.45, 7) is 7.17. The highest BCUT2D eigenvalue weighted by Crippen LogP contribution is 2.46. The zero-order valence-electron chi connectivity index (χ0n) is 22.7. The Bertz CT molecular complexity index is 1490. The minimum absolute atomic E-state index is 0.0157. The van der Waals surface area contributed by atoms with Crippen LogP contribution in [0.1, 0.15) is 34.8 Å². The molecule has 1 unspecified atom stereocenters. The van der Waals surface area contributed by atoms with Crippen molar-refractivity contribution in [3.63, 3.8) is 0 Å². The van der Waals surface area contributed by atoms with Crippen LogP contribution >= 0.6 is 11.8 Å². The fourth-order valence-corrected chi connectivity index (χ4v) is 5.39. The van der Waals surface area contributed by atoms with E-state index in [0.717, 1.165) is 19.4 Å². The number of piperazine rings is 1. The number of pyridine rings is 1. The summed E-state index contributed by atoms with van der Waals surface area (Å²) in [7, 11) is 2.03. The number of carboxylic acids is 1. The molecule has 0 bridgehead atoms. The number of amides is 1. The Balaban J connectivity index is 0.000000237. The number of aromatic nitrogens is 1. The molecular formula is C26H30FN5O8S. The number of thioether (sulfide) groups is 1. The van der Waals surface area contributed by atoms with E-state index < -0.39 is 22.1 Å². The van der Waals surface area contributed by atoms with Crippen LogP contribution in [-0.4, -0.2) is 77.9 Å². The first kappa shape index (κ1) is 31.3. The van der Waals surface area contributed by atoms with Gasteiger partial charge in [0.15, 0.2) is 0 Å². The summed E-state index contributed by atoms with van der Waals surface area (Å²) in [5, 5.41) is 22.2. The van der Waals surface area contributed by atoms with Gasteiger partial charge in [-0.3, -0.25) is 19.7 Å². The van der Waals surface area contributed by atoms with Crippen LogP contribution in [0.5, 0.6) is 0 Å². The van der Waals surface area contributed by atoms with Gasteiger partial charge < -0.3 is 34.0 Å². The number of nitro groups is 1. The molecule has 1 fully saturated rings. The van der Waals surface area contributed by atoms with Crippen molar-refractivity contribution in [2.45, 2.75) is 30.7 Å². The normalized spacial score (nSPS) is 15.8. The molecule has 2 aliphatic heterocycles. The van der Waals surface area contributed by atoms with E-state index >= 15 is 0 Å². The Morgan fingerprint density at radius 2 is 1.95 bits per heavy atom. The number of carboxylic acid groups (broad SMARTS) is 1. The molecular weight excluding hydrogens is 561 g/mol. The number of aryl methyl sites for hydroxylation is 1. The van der Waals surface area contributed by atoms with Gasteiger partial charge in [-0.25, -0.2) is 9.18 Å². The molecule has 1 aromatic carbocycles. The van der Waals surface area contributed by atoms with Crippen molar-refractivity contribution < 1.29 is 33.2 Å². The van der Waals surface area contributed by atoms with Crippen molar-refractivity contribution in [1.82, 2.24) is 14.8 Å². The SMILES string of the molecule is CC1Sc2c(C(=O)O)c(=O)c3cc(F)c(N4CCN(C)CC4)cc3n21.Cc1ccc([N+](=O)[O-])o1.O=CCCNC=O. The van der Waals surface area contributed by atoms with Crippen LogP contribution in [0.15, 0.2) is 38.5 Å². The van der Waals surface area contributed by atoms with Crippen LogP contribution in [0.25, 0.3) is 10.9 Å². The molecule has 1 saturated heterocycles. The highest BCUT2D eigenvalue weighted by molar-refractivity contribution is 8.00. The minimum atomic E-state index is -1.27. The van der Waals surface area contributed by atoms with Gasteiger partial charge in [0, 0.05) is 44.5 Å². The van der Waals surface area contributed by atoms with Gasteiger partial charge in [0.2, 0.25) is 11.8 Å². The van der Waals surface area contributed by atoms with Gasteiger partial charge in [-0.2, -0.15) is 0 Å². The number of anilines is 1. The van der Waals surface area contributed by atoms with Crippen molar-refractivity contribution in [2.75, 3.05) is 44.7 Å². The van der Waals surface area contributed by atoms with E-state index in [1.54, 1.807) is 19.1 Å². The Morgan fingerprint density at radius 1 is 1.27 bits per heavy atom. The highest BCUT2D eigenvalue weighted by atomic mass is 32.2. The number of nitrogens with one attached hydrogen (secondary N) is 1. The van der Waals surface area contributed by atoms with Crippen LogP contribution in [-0.2, 0) is 9.59 Å². The number of hydrogen-bond acceptors (Lipinski definition) is 10. The Morgan fingerprint density at radius 3 is 2.44 bits per heavy atom. The van der Waals surface area contributed by atoms with E-state index in [1.807, 2.05) is 23.4 Å². The second-order valence-electron chi connectivity index (χ2n) is 9.18. The average Bonchev–Trinajstić information content (AvgIpc) is 3.37. The predicted molar refractivity (Wildman–Crippen MR) is 150 cm³/mol. The predicted octanol–water partition coefficient (Wildman–Crippen LogP) is 3.03. The second-order valence-corrected chi connectivity index (χ2v) is 10.5. The quantitative estimate of drug-likeness (QED) is 0.179. The molecule has 4 heterocycles. The van der Waals surface area contributed by atoms with Crippen LogP contribution in [0, 0.1) is 22.9 Å². The molecule has 13 nitrogen and oxygen atoms in total. The van der Waals surface area contributed by atoms with Gasteiger partial charge in [-0.15, -0.1) is 0 Å². The number of fused-ring (bicyclic) bond motifs is 3. The summed E-state index contributed by atoms with van der Waals surface area (Å²) in [5.41, 5.74) is 0.202. The Kier molecular flexibility index (Phi) is 10.6. The molecule has 0 spiro atoms. The molecule has 41 heavy (non-hydrogen) atoms. The largest absolute Gasteiger partial charge is 0.477 e. The zero-order chi connectivity index (χ0) is 30.3. The maximum atomic E-state index is 14.7. The molecule has 2 aliphatic rings. The maximum absolute atomic E-state index is 14.7. The van der Waals surface area contributed by atoms with E-state index in [0.29, 0.717) is 54.5 Å². The lowest BCUT2D eigenvalue weighted by Gasteiger charge is -2.36. The average molecular weight is 592 g/mol. The summed E-state index contributed by atoms with van der Waals surface area (Å²) in [4.78, 5) is 56.6. The van der Waals surface area contributed by atoms with Crippen molar-refractivity contribution >= 4 is 52.9 Å². The number of hydrogen-bond donors (Lipinski definition) is 2. The van der Waals surface area contributed by atoms with Gasteiger partial charge in [-0.1, -0.05) is 11.8 Å². The third kappa shape index (κ3) is 7.29.